The number of nitrogens with one attached hydrogen (secondary N) is 1. The highest BCUT2D eigenvalue weighted by Crippen LogP contribution is 2.31. The van der Waals surface area contributed by atoms with Gasteiger partial charge in [-0.2, -0.15) is 13.2 Å². The van der Waals surface area contributed by atoms with Gasteiger partial charge >= 0.3 is 12.1 Å². The van der Waals surface area contributed by atoms with Gasteiger partial charge < -0.3 is 9.64 Å². The monoisotopic (exact) mass is 358 g/mol. The van der Waals surface area contributed by atoms with Crippen molar-refractivity contribution in [2.45, 2.75) is 45.0 Å². The minimum Gasteiger partial charge on any atom is -0.459 e. The first-order valence-electron chi connectivity index (χ1n) is 7.91. The van der Waals surface area contributed by atoms with Crippen LogP contribution >= 0.6 is 0 Å². The molecule has 1 saturated heterocycles. The van der Waals surface area contributed by atoms with E-state index in [1.165, 1.54) is 17.0 Å². The van der Waals surface area contributed by atoms with E-state index in [0.717, 1.165) is 12.1 Å². The number of alkyl halides is 3. The maximum atomic E-state index is 12.6. The number of hydrogen-bond acceptors (Lipinski definition) is 4. The topological polar surface area (TPSA) is 58.6 Å². The average molecular weight is 358 g/mol. The Morgan fingerprint density at radius 2 is 1.84 bits per heavy atom. The first-order chi connectivity index (χ1) is 11.5. The van der Waals surface area contributed by atoms with E-state index in [1.54, 1.807) is 20.8 Å². The maximum Gasteiger partial charge on any atom is 0.416 e. The third kappa shape index (κ3) is 5.19. The minimum atomic E-state index is -4.41. The number of hydrogen-bond donors (Lipinski definition) is 1. The van der Waals surface area contributed by atoms with Crippen LogP contribution in [0.3, 0.4) is 0 Å². The van der Waals surface area contributed by atoms with Gasteiger partial charge in [0.15, 0.2) is 0 Å². The van der Waals surface area contributed by atoms with E-state index in [2.05, 4.69) is 5.32 Å². The summed E-state index contributed by atoms with van der Waals surface area (Å²) < 4.78 is 42.9. The van der Waals surface area contributed by atoms with Crippen LogP contribution in [0.1, 0.15) is 32.8 Å². The second-order valence-corrected chi connectivity index (χ2v) is 6.84. The predicted octanol–water partition coefficient (Wildman–Crippen LogP) is 2.74. The first-order valence-corrected chi connectivity index (χ1v) is 7.91. The number of anilines is 1. The van der Waals surface area contributed by atoms with Gasteiger partial charge in [-0.05, 0) is 51.5 Å². The number of benzene rings is 1. The zero-order valence-electron chi connectivity index (χ0n) is 14.3. The molecule has 5 nitrogen and oxygen atoms in total. The quantitative estimate of drug-likeness (QED) is 0.841. The number of nitrogens with zero attached hydrogens (tertiary/aromatic N) is 1. The van der Waals surface area contributed by atoms with Crippen LogP contribution in [0, 0.1) is 0 Å². The molecule has 1 N–H and O–H groups in total. The predicted molar refractivity (Wildman–Crippen MR) is 86.0 cm³/mol. The number of carbonyl (C=O) groups excluding carboxylic acids is 2. The molecule has 1 heterocycles. The van der Waals surface area contributed by atoms with Crippen LogP contribution in [-0.2, 0) is 20.5 Å². The Morgan fingerprint density at radius 3 is 2.36 bits per heavy atom. The van der Waals surface area contributed by atoms with E-state index >= 15 is 0 Å². The molecule has 0 bridgehead atoms. The Balaban J connectivity index is 1.94. The van der Waals surface area contributed by atoms with E-state index in [-0.39, 0.29) is 12.5 Å². The molecule has 25 heavy (non-hydrogen) atoms. The Hall–Kier alpha value is -2.09. The van der Waals surface area contributed by atoms with Crippen LogP contribution < -0.4 is 10.2 Å². The Labute approximate surface area is 144 Å². The second-order valence-electron chi connectivity index (χ2n) is 6.84. The van der Waals surface area contributed by atoms with E-state index in [4.69, 9.17) is 4.74 Å². The highest BCUT2D eigenvalue weighted by molar-refractivity contribution is 5.99. The zero-order chi connectivity index (χ0) is 18.8. The molecule has 0 saturated carbocycles. The molecule has 0 aromatic heterocycles. The van der Waals surface area contributed by atoms with Crippen LogP contribution in [0.4, 0.5) is 18.9 Å². The van der Waals surface area contributed by atoms with Crippen molar-refractivity contribution in [3.63, 3.8) is 0 Å². The van der Waals surface area contributed by atoms with E-state index in [0.29, 0.717) is 18.7 Å². The fourth-order valence-electron chi connectivity index (χ4n) is 2.54. The average Bonchev–Trinajstić information content (AvgIpc) is 2.84. The van der Waals surface area contributed by atoms with Crippen molar-refractivity contribution in [1.82, 2.24) is 5.32 Å². The molecule has 1 aliphatic heterocycles. The third-order valence-electron chi connectivity index (χ3n) is 3.62. The molecule has 8 heteroatoms. The normalized spacial score (nSPS) is 18.6. The van der Waals surface area contributed by atoms with Gasteiger partial charge in [0.05, 0.1) is 18.2 Å². The van der Waals surface area contributed by atoms with Crippen LogP contribution in [0.2, 0.25) is 0 Å². The summed E-state index contributed by atoms with van der Waals surface area (Å²) >= 11 is 0. The Kier molecular flexibility index (Phi) is 5.41. The second kappa shape index (κ2) is 7.03. The van der Waals surface area contributed by atoms with Crippen LogP contribution in [-0.4, -0.2) is 36.6 Å². The van der Waals surface area contributed by atoms with E-state index < -0.39 is 29.4 Å². The van der Waals surface area contributed by atoms with Crippen molar-refractivity contribution in [1.29, 1.82) is 0 Å². The molecular formula is C17H21F3N2O3. The van der Waals surface area contributed by atoms with Gasteiger partial charge in [-0.3, -0.25) is 14.9 Å². The van der Waals surface area contributed by atoms with Crippen molar-refractivity contribution < 1.29 is 27.5 Å². The van der Waals surface area contributed by atoms with Crippen molar-refractivity contribution >= 4 is 17.6 Å². The maximum absolute atomic E-state index is 12.6. The SMILES string of the molecule is CC(C)(C)OC(=O)CNC1CCN(c2ccc(C(F)(F)F)cc2)C1=O. The smallest absolute Gasteiger partial charge is 0.416 e. The first kappa shape index (κ1) is 19.2. The molecule has 138 valence electrons. The van der Waals surface area contributed by atoms with Crippen molar-refractivity contribution in [3.8, 4) is 0 Å². The largest absolute Gasteiger partial charge is 0.459 e. The van der Waals surface area contributed by atoms with E-state index in [9.17, 15) is 22.8 Å². The minimum absolute atomic E-state index is 0.103. The van der Waals surface area contributed by atoms with Crippen LogP contribution in [0.5, 0.6) is 0 Å². The standard InChI is InChI=1S/C17H21F3N2O3/c1-16(2,3)25-14(23)10-21-13-8-9-22(15(13)24)12-6-4-11(5-7-12)17(18,19)20/h4-7,13,21H,8-10H2,1-3H3. The number of rotatable bonds is 4. The summed E-state index contributed by atoms with van der Waals surface area (Å²) in [4.78, 5) is 25.5. The summed E-state index contributed by atoms with van der Waals surface area (Å²) in [6.07, 6.45) is -3.95. The van der Waals surface area contributed by atoms with Crippen molar-refractivity contribution in [2.24, 2.45) is 0 Å². The molecule has 0 aliphatic carbocycles. The summed E-state index contributed by atoms with van der Waals surface area (Å²) in [5, 5.41) is 2.84. The van der Waals surface area contributed by atoms with Gasteiger partial charge in [-0.15, -0.1) is 0 Å². The zero-order valence-corrected chi connectivity index (χ0v) is 14.3. The molecule has 1 amide bonds. The molecule has 0 spiro atoms. The van der Waals surface area contributed by atoms with Crippen LogP contribution in [0.25, 0.3) is 0 Å². The van der Waals surface area contributed by atoms with Crippen molar-refractivity contribution in [2.75, 3.05) is 18.0 Å². The summed E-state index contributed by atoms with van der Waals surface area (Å²) in [6, 6.07) is 3.89. The molecule has 1 unspecified atom stereocenters. The molecule has 1 aromatic rings. The summed E-state index contributed by atoms with van der Waals surface area (Å²) in [6.45, 7) is 5.51. The number of halogens is 3. The fraction of sp³-hybridized carbons (Fsp3) is 0.529. The lowest BCUT2D eigenvalue weighted by Crippen LogP contribution is -2.42. The fourth-order valence-corrected chi connectivity index (χ4v) is 2.54. The van der Waals surface area contributed by atoms with Gasteiger partial charge in [0.2, 0.25) is 5.91 Å². The molecule has 1 fully saturated rings. The highest BCUT2D eigenvalue weighted by atomic mass is 19.4. The molecule has 1 aliphatic rings. The van der Waals surface area contributed by atoms with Gasteiger partial charge in [0.25, 0.3) is 0 Å². The lowest BCUT2D eigenvalue weighted by atomic mass is 10.2. The van der Waals surface area contributed by atoms with E-state index in [1.807, 2.05) is 0 Å². The van der Waals surface area contributed by atoms with Crippen LogP contribution in [0.15, 0.2) is 24.3 Å². The highest BCUT2D eigenvalue weighted by Gasteiger charge is 2.34. The summed E-state index contributed by atoms with van der Waals surface area (Å²) in [5.74, 6) is -0.739. The van der Waals surface area contributed by atoms with Crippen molar-refractivity contribution in [3.05, 3.63) is 29.8 Å². The number of esters is 1. The lowest BCUT2D eigenvalue weighted by Gasteiger charge is -2.21. The summed E-state index contributed by atoms with van der Waals surface area (Å²) in [7, 11) is 0. The molecular weight excluding hydrogens is 337 g/mol. The number of carbonyl (C=O) groups is 2. The molecule has 1 aromatic carbocycles. The lowest BCUT2D eigenvalue weighted by molar-refractivity contribution is -0.153. The third-order valence-corrected chi connectivity index (χ3v) is 3.62. The molecule has 2 rings (SSSR count). The molecule has 1 atom stereocenters. The summed E-state index contributed by atoms with van der Waals surface area (Å²) in [5.41, 5.74) is -0.966. The molecule has 0 radical (unpaired) electrons. The van der Waals surface area contributed by atoms with Gasteiger partial charge in [-0.1, -0.05) is 0 Å². The van der Waals surface area contributed by atoms with Gasteiger partial charge in [0.1, 0.15) is 5.60 Å². The van der Waals surface area contributed by atoms with Gasteiger partial charge in [0, 0.05) is 12.2 Å². The Bertz CT molecular complexity index is 636. The van der Waals surface area contributed by atoms with Gasteiger partial charge in [-0.25, -0.2) is 0 Å². The number of ether oxygens (including phenoxy) is 1. The Morgan fingerprint density at radius 1 is 1.24 bits per heavy atom. The number of amides is 1.